The van der Waals surface area contributed by atoms with Crippen molar-refractivity contribution in [1.82, 2.24) is 9.55 Å². The summed E-state index contributed by atoms with van der Waals surface area (Å²) >= 11 is 0. The summed E-state index contributed by atoms with van der Waals surface area (Å²) in [5, 5.41) is 7.26. The van der Waals surface area contributed by atoms with E-state index in [4.69, 9.17) is 11.1 Å². The van der Waals surface area contributed by atoms with Crippen molar-refractivity contribution in [3.8, 4) is 5.69 Å². The van der Waals surface area contributed by atoms with Crippen LogP contribution in [0.1, 0.15) is 11.3 Å². The standard InChI is InChI=1S/C11H12N4/c1-8-3-2-4-9(5-8)15-6-10(11(12)13)14-7-15/h2-7H,1H3,(H3,12,13). The van der Waals surface area contributed by atoms with Gasteiger partial charge in [-0.05, 0) is 24.6 Å². The van der Waals surface area contributed by atoms with E-state index in [0.717, 1.165) is 5.69 Å². The van der Waals surface area contributed by atoms with E-state index in [1.165, 1.54) is 5.56 Å². The SMILES string of the molecule is Cc1cccc(-n2cnc(C(=N)N)c2)c1. The van der Waals surface area contributed by atoms with Crippen LogP contribution in [0.4, 0.5) is 0 Å². The molecule has 3 N–H and O–H groups in total. The molecule has 2 rings (SSSR count). The smallest absolute Gasteiger partial charge is 0.143 e. The van der Waals surface area contributed by atoms with E-state index in [1.807, 2.05) is 35.8 Å². The van der Waals surface area contributed by atoms with Gasteiger partial charge in [0.25, 0.3) is 0 Å². The molecule has 0 aliphatic heterocycles. The third-order valence-electron chi connectivity index (χ3n) is 2.16. The van der Waals surface area contributed by atoms with Gasteiger partial charge in [0.05, 0.1) is 0 Å². The minimum atomic E-state index is -0.0126. The molecule has 0 unspecified atom stereocenters. The van der Waals surface area contributed by atoms with Crippen LogP contribution in [0.15, 0.2) is 36.8 Å². The van der Waals surface area contributed by atoms with Crippen LogP contribution < -0.4 is 5.73 Å². The molecule has 0 spiro atoms. The van der Waals surface area contributed by atoms with Crippen LogP contribution in [-0.4, -0.2) is 15.4 Å². The molecular formula is C11H12N4. The molecule has 15 heavy (non-hydrogen) atoms. The predicted octanol–water partition coefficient (Wildman–Crippen LogP) is 1.46. The van der Waals surface area contributed by atoms with E-state index in [-0.39, 0.29) is 5.84 Å². The lowest BCUT2D eigenvalue weighted by atomic mass is 10.2. The first-order valence-electron chi connectivity index (χ1n) is 4.62. The third kappa shape index (κ3) is 1.88. The Hall–Kier alpha value is -2.10. The lowest BCUT2D eigenvalue weighted by molar-refractivity contribution is 1.05. The van der Waals surface area contributed by atoms with Crippen molar-refractivity contribution in [2.45, 2.75) is 6.92 Å². The van der Waals surface area contributed by atoms with E-state index >= 15 is 0 Å². The molecule has 0 amide bonds. The van der Waals surface area contributed by atoms with Crippen LogP contribution in [0, 0.1) is 12.3 Å². The monoisotopic (exact) mass is 200 g/mol. The van der Waals surface area contributed by atoms with Crippen molar-refractivity contribution in [3.63, 3.8) is 0 Å². The zero-order valence-corrected chi connectivity index (χ0v) is 8.44. The number of aromatic nitrogens is 2. The van der Waals surface area contributed by atoms with Gasteiger partial charge in [-0.15, -0.1) is 0 Å². The Balaban J connectivity index is 2.41. The van der Waals surface area contributed by atoms with Gasteiger partial charge in [-0.3, -0.25) is 5.41 Å². The Morgan fingerprint density at radius 2 is 2.27 bits per heavy atom. The average molecular weight is 200 g/mol. The summed E-state index contributed by atoms with van der Waals surface area (Å²) in [6.45, 7) is 2.03. The second kappa shape index (κ2) is 3.57. The second-order valence-corrected chi connectivity index (χ2v) is 3.42. The zero-order chi connectivity index (χ0) is 10.8. The Kier molecular flexibility index (Phi) is 2.25. The number of imidazole rings is 1. The number of nitrogens with zero attached hydrogens (tertiary/aromatic N) is 2. The molecule has 76 valence electrons. The van der Waals surface area contributed by atoms with Crippen molar-refractivity contribution in [2.75, 3.05) is 0 Å². The minimum absolute atomic E-state index is 0.0126. The first kappa shape index (κ1) is 9.45. The number of aryl methyl sites for hydroxylation is 1. The number of nitrogen functional groups attached to an aromatic ring is 1. The third-order valence-corrected chi connectivity index (χ3v) is 2.16. The average Bonchev–Trinajstić information content (AvgIpc) is 2.66. The van der Waals surface area contributed by atoms with Gasteiger partial charge >= 0.3 is 0 Å². The highest BCUT2D eigenvalue weighted by molar-refractivity contribution is 5.92. The molecule has 0 fully saturated rings. The minimum Gasteiger partial charge on any atom is -0.382 e. The van der Waals surface area contributed by atoms with Gasteiger partial charge in [-0.2, -0.15) is 0 Å². The van der Waals surface area contributed by atoms with Crippen molar-refractivity contribution in [1.29, 1.82) is 5.41 Å². The van der Waals surface area contributed by atoms with E-state index in [9.17, 15) is 0 Å². The van der Waals surface area contributed by atoms with Crippen molar-refractivity contribution in [3.05, 3.63) is 48.0 Å². The number of hydrogen-bond acceptors (Lipinski definition) is 2. The summed E-state index contributed by atoms with van der Waals surface area (Å²) in [5.74, 6) is -0.0126. The van der Waals surface area contributed by atoms with Crippen LogP contribution in [0.2, 0.25) is 0 Å². The first-order valence-corrected chi connectivity index (χ1v) is 4.62. The van der Waals surface area contributed by atoms with Crippen molar-refractivity contribution in [2.24, 2.45) is 5.73 Å². The van der Waals surface area contributed by atoms with Crippen molar-refractivity contribution < 1.29 is 0 Å². The van der Waals surface area contributed by atoms with Gasteiger partial charge in [0.1, 0.15) is 17.9 Å². The highest BCUT2D eigenvalue weighted by Gasteiger charge is 2.02. The number of rotatable bonds is 2. The summed E-state index contributed by atoms with van der Waals surface area (Å²) in [7, 11) is 0. The molecule has 1 aromatic heterocycles. The van der Waals surface area contributed by atoms with Crippen LogP contribution >= 0.6 is 0 Å². The second-order valence-electron chi connectivity index (χ2n) is 3.42. The quantitative estimate of drug-likeness (QED) is 0.569. The summed E-state index contributed by atoms with van der Waals surface area (Å²) < 4.78 is 1.85. The summed E-state index contributed by atoms with van der Waals surface area (Å²) in [4.78, 5) is 4.04. The summed E-state index contributed by atoms with van der Waals surface area (Å²) in [6.07, 6.45) is 3.41. The largest absolute Gasteiger partial charge is 0.382 e. The molecule has 0 saturated carbocycles. The number of benzene rings is 1. The summed E-state index contributed by atoms with van der Waals surface area (Å²) in [6, 6.07) is 8.05. The highest BCUT2D eigenvalue weighted by atomic mass is 15.0. The first-order chi connectivity index (χ1) is 7.16. The van der Waals surface area contributed by atoms with Crippen LogP contribution in [0.3, 0.4) is 0 Å². The lowest BCUT2D eigenvalue weighted by Gasteiger charge is -2.01. The molecular weight excluding hydrogens is 188 g/mol. The van der Waals surface area contributed by atoms with E-state index in [2.05, 4.69) is 4.98 Å². The maximum absolute atomic E-state index is 7.26. The molecule has 2 aromatic rings. The Labute approximate surface area is 87.9 Å². The van der Waals surface area contributed by atoms with Crippen LogP contribution in [0.5, 0.6) is 0 Å². The molecule has 4 heteroatoms. The predicted molar refractivity (Wildman–Crippen MR) is 59.3 cm³/mol. The normalized spacial score (nSPS) is 10.2. The Morgan fingerprint density at radius 3 is 2.87 bits per heavy atom. The molecule has 1 aromatic carbocycles. The molecule has 0 aliphatic carbocycles. The molecule has 0 radical (unpaired) electrons. The van der Waals surface area contributed by atoms with Gasteiger partial charge in [-0.25, -0.2) is 4.98 Å². The van der Waals surface area contributed by atoms with E-state index < -0.39 is 0 Å². The number of nitrogens with two attached hydrogens (primary N) is 1. The number of hydrogen-bond donors (Lipinski definition) is 2. The van der Waals surface area contributed by atoms with Gasteiger partial charge in [0, 0.05) is 11.9 Å². The molecule has 0 bridgehead atoms. The van der Waals surface area contributed by atoms with Gasteiger partial charge < -0.3 is 10.3 Å². The lowest BCUT2D eigenvalue weighted by Crippen LogP contribution is -2.11. The molecule has 0 atom stereocenters. The Morgan fingerprint density at radius 1 is 1.47 bits per heavy atom. The molecule has 0 saturated heterocycles. The van der Waals surface area contributed by atoms with E-state index in [0.29, 0.717) is 5.69 Å². The van der Waals surface area contributed by atoms with Crippen molar-refractivity contribution >= 4 is 5.84 Å². The fourth-order valence-electron chi connectivity index (χ4n) is 1.39. The van der Waals surface area contributed by atoms with Gasteiger partial charge in [0.15, 0.2) is 0 Å². The van der Waals surface area contributed by atoms with Crippen LogP contribution in [0.25, 0.3) is 5.69 Å². The number of amidine groups is 1. The summed E-state index contributed by atoms with van der Waals surface area (Å²) in [5.41, 5.74) is 8.05. The topological polar surface area (TPSA) is 67.7 Å². The Bertz CT molecular complexity index is 499. The molecule has 0 aliphatic rings. The fraction of sp³-hybridized carbons (Fsp3) is 0.0909. The highest BCUT2D eigenvalue weighted by Crippen LogP contribution is 2.10. The maximum atomic E-state index is 7.26. The van der Waals surface area contributed by atoms with E-state index in [1.54, 1.807) is 12.5 Å². The molecule has 4 nitrogen and oxygen atoms in total. The zero-order valence-electron chi connectivity index (χ0n) is 8.44. The molecule has 1 heterocycles. The maximum Gasteiger partial charge on any atom is 0.143 e. The van der Waals surface area contributed by atoms with Gasteiger partial charge in [0.2, 0.25) is 0 Å². The van der Waals surface area contributed by atoms with Gasteiger partial charge in [-0.1, -0.05) is 12.1 Å². The van der Waals surface area contributed by atoms with Crippen LogP contribution in [-0.2, 0) is 0 Å². The fourth-order valence-corrected chi connectivity index (χ4v) is 1.39. The number of nitrogens with one attached hydrogen (secondary N) is 1.